The van der Waals surface area contributed by atoms with Gasteiger partial charge in [0.15, 0.2) is 0 Å². The molecule has 1 aromatic heterocycles. The van der Waals surface area contributed by atoms with Crippen molar-refractivity contribution in [1.82, 2.24) is 4.98 Å². The van der Waals surface area contributed by atoms with Crippen LogP contribution in [0.15, 0.2) is 23.2 Å². The maximum atomic E-state index is 11.4. The SMILES string of the molecule is O=S(=O)(Cl)c1cccnc1N1CCOCC1. The summed E-state index contributed by atoms with van der Waals surface area (Å²) in [6.45, 7) is 2.38. The normalized spacial score (nSPS) is 17.4. The molecule has 1 fully saturated rings. The molecule has 2 heterocycles. The number of anilines is 1. The Morgan fingerprint density at radius 1 is 1.38 bits per heavy atom. The molecule has 0 bridgehead atoms. The second kappa shape index (κ2) is 4.57. The molecule has 2 rings (SSSR count). The molecule has 0 saturated carbocycles. The van der Waals surface area contributed by atoms with Gasteiger partial charge in [0.1, 0.15) is 10.7 Å². The second-order valence-electron chi connectivity index (χ2n) is 3.36. The third-order valence-corrected chi connectivity index (χ3v) is 3.67. The summed E-state index contributed by atoms with van der Waals surface area (Å²) in [4.78, 5) is 5.99. The third-order valence-electron chi connectivity index (χ3n) is 2.32. The Bertz CT molecular complexity index is 471. The van der Waals surface area contributed by atoms with Crippen LogP contribution in [0.1, 0.15) is 0 Å². The van der Waals surface area contributed by atoms with Crippen LogP contribution in [0.25, 0.3) is 0 Å². The van der Waals surface area contributed by atoms with Crippen molar-refractivity contribution in [2.45, 2.75) is 4.90 Å². The van der Waals surface area contributed by atoms with E-state index in [1.165, 1.54) is 6.07 Å². The number of halogens is 1. The molecule has 0 unspecified atom stereocenters. The Labute approximate surface area is 98.4 Å². The van der Waals surface area contributed by atoms with Crippen LogP contribution in [0, 0.1) is 0 Å². The van der Waals surface area contributed by atoms with E-state index < -0.39 is 9.05 Å². The molecule has 1 aliphatic rings. The fourth-order valence-corrected chi connectivity index (χ4v) is 2.59. The molecule has 0 amide bonds. The molecular weight excluding hydrogens is 252 g/mol. The molecule has 1 aliphatic heterocycles. The lowest BCUT2D eigenvalue weighted by Gasteiger charge is -2.28. The molecule has 7 heteroatoms. The van der Waals surface area contributed by atoms with Gasteiger partial charge in [0.25, 0.3) is 9.05 Å². The predicted octanol–water partition coefficient (Wildman–Crippen LogP) is 0.846. The van der Waals surface area contributed by atoms with Crippen LogP contribution in [0.5, 0.6) is 0 Å². The predicted molar refractivity (Wildman–Crippen MR) is 60.3 cm³/mol. The molecular formula is C9H11ClN2O3S. The Kier molecular flexibility index (Phi) is 3.32. The van der Waals surface area contributed by atoms with Gasteiger partial charge in [-0.1, -0.05) is 0 Å². The van der Waals surface area contributed by atoms with E-state index in [1.807, 2.05) is 4.90 Å². The zero-order valence-corrected chi connectivity index (χ0v) is 10.0. The maximum Gasteiger partial charge on any atom is 0.264 e. The number of hydrogen-bond donors (Lipinski definition) is 0. The number of aromatic nitrogens is 1. The van der Waals surface area contributed by atoms with Gasteiger partial charge in [0, 0.05) is 30.0 Å². The lowest BCUT2D eigenvalue weighted by atomic mass is 10.4. The summed E-state index contributed by atoms with van der Waals surface area (Å²) in [5.74, 6) is 0.404. The summed E-state index contributed by atoms with van der Waals surface area (Å²) >= 11 is 0. The first-order valence-corrected chi connectivity index (χ1v) is 7.12. The van der Waals surface area contributed by atoms with Crippen molar-refractivity contribution < 1.29 is 13.2 Å². The molecule has 0 N–H and O–H groups in total. The zero-order chi connectivity index (χ0) is 11.6. The smallest absolute Gasteiger partial charge is 0.264 e. The van der Waals surface area contributed by atoms with E-state index in [9.17, 15) is 8.42 Å². The van der Waals surface area contributed by atoms with E-state index in [2.05, 4.69) is 4.98 Å². The van der Waals surface area contributed by atoms with Crippen LogP contribution in [0.4, 0.5) is 5.82 Å². The number of pyridine rings is 1. The fourth-order valence-electron chi connectivity index (χ4n) is 1.59. The van der Waals surface area contributed by atoms with Crippen LogP contribution in [0.2, 0.25) is 0 Å². The van der Waals surface area contributed by atoms with Gasteiger partial charge in [-0.3, -0.25) is 0 Å². The van der Waals surface area contributed by atoms with Crippen LogP contribution in [-0.2, 0) is 13.8 Å². The molecule has 0 aromatic carbocycles. The molecule has 0 aliphatic carbocycles. The summed E-state index contributed by atoms with van der Waals surface area (Å²) in [5.41, 5.74) is 0. The number of ether oxygens (including phenoxy) is 1. The van der Waals surface area contributed by atoms with Crippen molar-refractivity contribution in [1.29, 1.82) is 0 Å². The highest BCUT2D eigenvalue weighted by Crippen LogP contribution is 2.25. The highest BCUT2D eigenvalue weighted by atomic mass is 35.7. The largest absolute Gasteiger partial charge is 0.378 e. The average Bonchev–Trinajstić information content (AvgIpc) is 2.29. The zero-order valence-electron chi connectivity index (χ0n) is 8.47. The highest BCUT2D eigenvalue weighted by molar-refractivity contribution is 8.13. The molecule has 88 valence electrons. The van der Waals surface area contributed by atoms with E-state index in [-0.39, 0.29) is 4.90 Å². The van der Waals surface area contributed by atoms with Crippen LogP contribution in [-0.4, -0.2) is 39.7 Å². The van der Waals surface area contributed by atoms with Gasteiger partial charge in [-0.2, -0.15) is 0 Å². The van der Waals surface area contributed by atoms with Crippen LogP contribution >= 0.6 is 10.7 Å². The highest BCUT2D eigenvalue weighted by Gasteiger charge is 2.22. The van der Waals surface area contributed by atoms with E-state index >= 15 is 0 Å². The topological polar surface area (TPSA) is 59.5 Å². The maximum absolute atomic E-state index is 11.4. The van der Waals surface area contributed by atoms with Crippen molar-refractivity contribution in [2.75, 3.05) is 31.2 Å². The monoisotopic (exact) mass is 262 g/mol. The fraction of sp³-hybridized carbons (Fsp3) is 0.444. The van der Waals surface area contributed by atoms with Crippen LogP contribution in [0.3, 0.4) is 0 Å². The van der Waals surface area contributed by atoms with Gasteiger partial charge >= 0.3 is 0 Å². The number of rotatable bonds is 2. The summed E-state index contributed by atoms with van der Waals surface area (Å²) < 4.78 is 27.9. The third kappa shape index (κ3) is 2.45. The van der Waals surface area contributed by atoms with Crippen molar-refractivity contribution >= 4 is 25.6 Å². The van der Waals surface area contributed by atoms with Crippen LogP contribution < -0.4 is 4.90 Å². The van der Waals surface area contributed by atoms with E-state index in [0.717, 1.165) is 0 Å². The molecule has 16 heavy (non-hydrogen) atoms. The number of morpholine rings is 1. The van der Waals surface area contributed by atoms with E-state index in [4.69, 9.17) is 15.4 Å². The second-order valence-corrected chi connectivity index (χ2v) is 5.90. The van der Waals surface area contributed by atoms with E-state index in [1.54, 1.807) is 12.3 Å². The van der Waals surface area contributed by atoms with Gasteiger partial charge in [0.2, 0.25) is 0 Å². The van der Waals surface area contributed by atoms with Gasteiger partial charge in [-0.05, 0) is 12.1 Å². The van der Waals surface area contributed by atoms with E-state index in [0.29, 0.717) is 32.1 Å². The van der Waals surface area contributed by atoms with Gasteiger partial charge in [-0.25, -0.2) is 13.4 Å². The van der Waals surface area contributed by atoms with Crippen molar-refractivity contribution in [3.63, 3.8) is 0 Å². The Morgan fingerprint density at radius 2 is 2.06 bits per heavy atom. The first-order chi connectivity index (χ1) is 7.59. The summed E-state index contributed by atoms with van der Waals surface area (Å²) in [6, 6.07) is 3.01. The quantitative estimate of drug-likeness (QED) is 0.740. The van der Waals surface area contributed by atoms with Crippen molar-refractivity contribution in [3.8, 4) is 0 Å². The first-order valence-electron chi connectivity index (χ1n) is 4.81. The molecule has 0 spiro atoms. The Hall–Kier alpha value is -0.850. The minimum Gasteiger partial charge on any atom is -0.378 e. The Balaban J connectivity index is 2.40. The summed E-state index contributed by atoms with van der Waals surface area (Å²) in [5, 5.41) is 0. The molecule has 0 radical (unpaired) electrons. The van der Waals surface area contributed by atoms with Gasteiger partial charge < -0.3 is 9.64 Å². The molecule has 1 saturated heterocycles. The van der Waals surface area contributed by atoms with Crippen molar-refractivity contribution in [2.24, 2.45) is 0 Å². The number of nitrogens with zero attached hydrogens (tertiary/aromatic N) is 2. The van der Waals surface area contributed by atoms with Gasteiger partial charge in [0.05, 0.1) is 13.2 Å². The van der Waals surface area contributed by atoms with Gasteiger partial charge in [-0.15, -0.1) is 0 Å². The lowest BCUT2D eigenvalue weighted by Crippen LogP contribution is -2.37. The summed E-state index contributed by atoms with van der Waals surface area (Å²) in [7, 11) is 1.60. The summed E-state index contributed by atoms with van der Waals surface area (Å²) in [6.07, 6.45) is 1.55. The first kappa shape index (κ1) is 11.6. The molecule has 1 aromatic rings. The average molecular weight is 263 g/mol. The minimum absolute atomic E-state index is 0.0542. The lowest BCUT2D eigenvalue weighted by molar-refractivity contribution is 0.122. The molecule has 0 atom stereocenters. The number of hydrogen-bond acceptors (Lipinski definition) is 5. The Morgan fingerprint density at radius 3 is 2.69 bits per heavy atom. The minimum atomic E-state index is -3.76. The molecule has 5 nitrogen and oxygen atoms in total. The van der Waals surface area contributed by atoms with Crippen molar-refractivity contribution in [3.05, 3.63) is 18.3 Å². The standard InChI is InChI=1S/C9H11ClN2O3S/c10-16(13,14)8-2-1-3-11-9(8)12-4-6-15-7-5-12/h1-3H,4-7H2.